The van der Waals surface area contributed by atoms with E-state index in [1.165, 1.54) is 4.31 Å². The number of morpholine rings is 1. The van der Waals surface area contributed by atoms with E-state index in [1.54, 1.807) is 11.6 Å². The number of aromatic nitrogens is 2. The Morgan fingerprint density at radius 1 is 1.13 bits per heavy atom. The van der Waals surface area contributed by atoms with Crippen molar-refractivity contribution in [2.45, 2.75) is 13.8 Å². The molecule has 1 saturated heterocycles. The fourth-order valence-corrected chi connectivity index (χ4v) is 3.90. The van der Waals surface area contributed by atoms with Crippen LogP contribution in [0.5, 0.6) is 0 Å². The van der Waals surface area contributed by atoms with Crippen LogP contribution in [-0.2, 0) is 14.9 Å². The molecular formula is C15H20N4O3S. The molecule has 2 aromatic rings. The van der Waals surface area contributed by atoms with E-state index in [4.69, 9.17) is 4.74 Å². The molecule has 2 heterocycles. The molecule has 0 amide bonds. The fraction of sp³-hybridized carbons (Fsp3) is 0.400. The third-order valence-corrected chi connectivity index (χ3v) is 5.34. The monoisotopic (exact) mass is 336 g/mol. The molecule has 1 fully saturated rings. The molecule has 0 saturated carbocycles. The van der Waals surface area contributed by atoms with Crippen LogP contribution in [0.3, 0.4) is 0 Å². The van der Waals surface area contributed by atoms with Crippen LogP contribution in [0.25, 0.3) is 5.69 Å². The maximum atomic E-state index is 12.5. The van der Waals surface area contributed by atoms with E-state index in [0.29, 0.717) is 37.7 Å². The van der Waals surface area contributed by atoms with Gasteiger partial charge < -0.3 is 4.74 Å². The predicted molar refractivity (Wildman–Crippen MR) is 88.0 cm³/mol. The maximum Gasteiger partial charge on any atom is 0.301 e. The summed E-state index contributed by atoms with van der Waals surface area (Å²) in [5.74, 6) is 0. The van der Waals surface area contributed by atoms with E-state index in [-0.39, 0.29) is 0 Å². The minimum atomic E-state index is -3.60. The summed E-state index contributed by atoms with van der Waals surface area (Å²) in [5, 5.41) is 4.46. The summed E-state index contributed by atoms with van der Waals surface area (Å²) in [7, 11) is -3.60. The van der Waals surface area contributed by atoms with E-state index in [0.717, 1.165) is 11.4 Å². The number of ether oxygens (including phenoxy) is 1. The van der Waals surface area contributed by atoms with Gasteiger partial charge in [0.2, 0.25) is 0 Å². The van der Waals surface area contributed by atoms with E-state index in [9.17, 15) is 8.42 Å². The molecule has 1 aliphatic heterocycles. The number of aryl methyl sites for hydroxylation is 1. The summed E-state index contributed by atoms with van der Waals surface area (Å²) in [6, 6.07) is 9.63. The molecule has 1 aromatic heterocycles. The molecule has 0 radical (unpaired) electrons. The molecule has 23 heavy (non-hydrogen) atoms. The summed E-state index contributed by atoms with van der Waals surface area (Å²) in [4.78, 5) is 0. The van der Waals surface area contributed by atoms with Gasteiger partial charge in [0.25, 0.3) is 0 Å². The number of hydrogen-bond donors (Lipinski definition) is 1. The molecule has 0 bridgehead atoms. The highest BCUT2D eigenvalue weighted by atomic mass is 32.2. The highest BCUT2D eigenvalue weighted by molar-refractivity contribution is 7.90. The van der Waals surface area contributed by atoms with Crippen molar-refractivity contribution in [1.82, 2.24) is 14.1 Å². The van der Waals surface area contributed by atoms with Gasteiger partial charge in [0.05, 0.1) is 36.0 Å². The first-order valence-corrected chi connectivity index (χ1v) is 8.90. The number of hydrogen-bond acceptors (Lipinski definition) is 4. The Labute approximate surface area is 136 Å². The topological polar surface area (TPSA) is 76.5 Å². The van der Waals surface area contributed by atoms with Crippen LogP contribution in [-0.4, -0.2) is 48.8 Å². The van der Waals surface area contributed by atoms with Crippen LogP contribution in [0.1, 0.15) is 11.4 Å². The van der Waals surface area contributed by atoms with Crippen LogP contribution in [0, 0.1) is 13.8 Å². The van der Waals surface area contributed by atoms with Crippen LogP contribution >= 0.6 is 0 Å². The molecule has 124 valence electrons. The van der Waals surface area contributed by atoms with Gasteiger partial charge in [0.1, 0.15) is 0 Å². The standard InChI is InChI=1S/C15H20N4O3S/c1-12-15(17-23(20,21)18-8-10-22-11-9-18)13(2)19(16-12)14-6-4-3-5-7-14/h3-7,17H,8-11H2,1-2H3. The number of para-hydroxylation sites is 1. The van der Waals surface area contributed by atoms with E-state index < -0.39 is 10.2 Å². The second-order valence-electron chi connectivity index (χ2n) is 5.41. The first-order chi connectivity index (χ1) is 11.0. The van der Waals surface area contributed by atoms with Gasteiger partial charge in [-0.1, -0.05) is 18.2 Å². The van der Waals surface area contributed by atoms with Crippen LogP contribution < -0.4 is 4.72 Å². The summed E-state index contributed by atoms with van der Waals surface area (Å²) >= 11 is 0. The van der Waals surface area contributed by atoms with Gasteiger partial charge in [0, 0.05) is 13.1 Å². The Morgan fingerprint density at radius 2 is 1.78 bits per heavy atom. The fourth-order valence-electron chi connectivity index (χ4n) is 2.59. The second-order valence-corrected chi connectivity index (χ2v) is 7.08. The van der Waals surface area contributed by atoms with Gasteiger partial charge in [0.15, 0.2) is 0 Å². The Balaban J connectivity index is 1.90. The molecule has 0 aliphatic carbocycles. The van der Waals surface area contributed by atoms with Crippen molar-refractivity contribution in [2.24, 2.45) is 0 Å². The Hall–Kier alpha value is -1.90. The van der Waals surface area contributed by atoms with Gasteiger partial charge in [-0.3, -0.25) is 4.72 Å². The lowest BCUT2D eigenvalue weighted by Crippen LogP contribution is -2.43. The van der Waals surface area contributed by atoms with Crippen molar-refractivity contribution in [3.05, 3.63) is 41.7 Å². The predicted octanol–water partition coefficient (Wildman–Crippen LogP) is 1.48. The maximum absolute atomic E-state index is 12.5. The van der Waals surface area contributed by atoms with E-state index in [1.807, 2.05) is 37.3 Å². The number of nitrogens with zero attached hydrogens (tertiary/aromatic N) is 3. The van der Waals surface area contributed by atoms with Crippen LogP contribution in [0.4, 0.5) is 5.69 Å². The summed E-state index contributed by atoms with van der Waals surface area (Å²) in [5.41, 5.74) is 2.82. The van der Waals surface area contributed by atoms with E-state index >= 15 is 0 Å². The van der Waals surface area contributed by atoms with Crippen molar-refractivity contribution in [1.29, 1.82) is 0 Å². The zero-order valence-electron chi connectivity index (χ0n) is 13.2. The first-order valence-electron chi connectivity index (χ1n) is 7.46. The van der Waals surface area contributed by atoms with Gasteiger partial charge >= 0.3 is 10.2 Å². The van der Waals surface area contributed by atoms with Gasteiger partial charge in [-0.15, -0.1) is 0 Å². The highest BCUT2D eigenvalue weighted by Crippen LogP contribution is 2.24. The molecule has 0 spiro atoms. The van der Waals surface area contributed by atoms with Crippen LogP contribution in [0.15, 0.2) is 30.3 Å². The molecule has 8 heteroatoms. The summed E-state index contributed by atoms with van der Waals surface area (Å²) in [6.07, 6.45) is 0. The third kappa shape index (κ3) is 3.24. The van der Waals surface area contributed by atoms with E-state index in [2.05, 4.69) is 9.82 Å². The third-order valence-electron chi connectivity index (χ3n) is 3.83. The normalized spacial score (nSPS) is 16.4. The summed E-state index contributed by atoms with van der Waals surface area (Å²) < 4.78 is 36.1. The lowest BCUT2D eigenvalue weighted by molar-refractivity contribution is 0.0733. The zero-order valence-corrected chi connectivity index (χ0v) is 14.0. The number of rotatable bonds is 4. The lowest BCUT2D eigenvalue weighted by atomic mass is 10.3. The van der Waals surface area contributed by atoms with Crippen molar-refractivity contribution >= 4 is 15.9 Å². The Morgan fingerprint density at radius 3 is 2.43 bits per heavy atom. The minimum Gasteiger partial charge on any atom is -0.379 e. The molecule has 1 aromatic carbocycles. The average Bonchev–Trinajstić information content (AvgIpc) is 2.84. The average molecular weight is 336 g/mol. The zero-order chi connectivity index (χ0) is 16.4. The molecule has 1 N–H and O–H groups in total. The minimum absolute atomic E-state index is 0.361. The second kappa shape index (κ2) is 6.31. The Bertz CT molecular complexity index is 781. The SMILES string of the molecule is Cc1nn(-c2ccccc2)c(C)c1NS(=O)(=O)N1CCOCC1. The van der Waals surface area contributed by atoms with Crippen molar-refractivity contribution in [3.8, 4) is 5.69 Å². The lowest BCUT2D eigenvalue weighted by Gasteiger charge is -2.26. The molecule has 0 atom stereocenters. The molecular weight excluding hydrogens is 316 g/mol. The highest BCUT2D eigenvalue weighted by Gasteiger charge is 2.26. The molecule has 3 rings (SSSR count). The number of nitrogens with one attached hydrogen (secondary N) is 1. The number of benzene rings is 1. The molecule has 7 nitrogen and oxygen atoms in total. The Kier molecular flexibility index (Phi) is 4.38. The van der Waals surface area contributed by atoms with Crippen molar-refractivity contribution in [2.75, 3.05) is 31.0 Å². The quantitative estimate of drug-likeness (QED) is 0.917. The first kappa shape index (κ1) is 16.0. The summed E-state index contributed by atoms with van der Waals surface area (Å²) in [6.45, 7) is 5.21. The van der Waals surface area contributed by atoms with Gasteiger partial charge in [-0.25, -0.2) is 4.68 Å². The van der Waals surface area contributed by atoms with Crippen molar-refractivity contribution in [3.63, 3.8) is 0 Å². The van der Waals surface area contributed by atoms with Gasteiger partial charge in [-0.05, 0) is 26.0 Å². The number of anilines is 1. The van der Waals surface area contributed by atoms with Crippen LogP contribution in [0.2, 0.25) is 0 Å². The van der Waals surface area contributed by atoms with Crippen molar-refractivity contribution < 1.29 is 13.2 Å². The molecule has 1 aliphatic rings. The van der Waals surface area contributed by atoms with Gasteiger partial charge in [-0.2, -0.15) is 17.8 Å². The smallest absolute Gasteiger partial charge is 0.301 e. The largest absolute Gasteiger partial charge is 0.379 e. The molecule has 0 unspecified atom stereocenters.